The molecule has 6 rings (SSSR count). The quantitative estimate of drug-likeness (QED) is 0.388. The predicted octanol–water partition coefficient (Wildman–Crippen LogP) is 3.80. The number of Topliss-reactive ketones (excluding diaryl/α,β-unsaturated/α-hetero) is 1. The number of allylic oxidation sites excluding steroid dienone is 4. The SMILES string of the molecule is CN1CCC(N2C(=O)c3cc4c(cc3C2=O)NC(=C2C(=O)CC=CC2=NC[C@@H](O)COc2cccc(Cl)c2F)C4)CC1. The van der Waals surface area contributed by atoms with Crippen molar-refractivity contribution in [3.05, 3.63) is 81.3 Å². The van der Waals surface area contributed by atoms with Crippen LogP contribution in [-0.4, -0.2) is 83.7 Å². The number of likely N-dealkylation sites (tertiary alicyclic amines) is 1. The Morgan fingerprint density at radius 1 is 1.17 bits per heavy atom. The van der Waals surface area contributed by atoms with Crippen LogP contribution in [-0.2, 0) is 11.2 Å². The molecule has 1 saturated heterocycles. The van der Waals surface area contributed by atoms with E-state index in [-0.39, 0.29) is 54.0 Å². The van der Waals surface area contributed by atoms with E-state index in [1.165, 1.54) is 17.0 Å². The van der Waals surface area contributed by atoms with Crippen molar-refractivity contribution in [3.8, 4) is 5.75 Å². The molecule has 3 aliphatic heterocycles. The summed E-state index contributed by atoms with van der Waals surface area (Å²) in [6, 6.07) is 7.72. The summed E-state index contributed by atoms with van der Waals surface area (Å²) in [5, 5.41) is 13.6. The number of nitrogens with one attached hydrogen (secondary N) is 1. The Balaban J connectivity index is 1.19. The van der Waals surface area contributed by atoms with Gasteiger partial charge in [-0.25, -0.2) is 4.39 Å². The highest BCUT2D eigenvalue weighted by Gasteiger charge is 2.42. The van der Waals surface area contributed by atoms with Gasteiger partial charge in [-0.1, -0.05) is 23.7 Å². The van der Waals surface area contributed by atoms with Crippen LogP contribution >= 0.6 is 11.6 Å². The van der Waals surface area contributed by atoms with Crippen LogP contribution in [0.25, 0.3) is 0 Å². The average Bonchev–Trinajstić information content (AvgIpc) is 3.49. The number of carbonyl (C=O) groups is 3. The zero-order valence-electron chi connectivity index (χ0n) is 23.0. The largest absolute Gasteiger partial charge is 0.488 e. The highest BCUT2D eigenvalue weighted by atomic mass is 35.5. The molecule has 1 atom stereocenters. The lowest BCUT2D eigenvalue weighted by molar-refractivity contribution is -0.114. The molecule has 2 aromatic rings. The van der Waals surface area contributed by atoms with Crippen molar-refractivity contribution in [2.75, 3.05) is 38.6 Å². The van der Waals surface area contributed by atoms with Crippen molar-refractivity contribution in [2.24, 2.45) is 4.99 Å². The number of ether oxygens (including phenoxy) is 1. The van der Waals surface area contributed by atoms with Gasteiger partial charge in [-0.2, -0.15) is 0 Å². The Labute approximate surface area is 247 Å². The molecule has 0 spiro atoms. The van der Waals surface area contributed by atoms with Crippen LogP contribution in [0.15, 0.2) is 58.7 Å². The summed E-state index contributed by atoms with van der Waals surface area (Å²) in [6.45, 7) is 1.38. The van der Waals surface area contributed by atoms with Gasteiger partial charge >= 0.3 is 0 Å². The third-order valence-corrected chi connectivity index (χ3v) is 8.38. The van der Waals surface area contributed by atoms with E-state index in [0.717, 1.165) is 31.5 Å². The van der Waals surface area contributed by atoms with Gasteiger partial charge in [0.2, 0.25) is 0 Å². The first-order valence-corrected chi connectivity index (χ1v) is 14.3. The van der Waals surface area contributed by atoms with Crippen molar-refractivity contribution in [1.29, 1.82) is 0 Å². The molecule has 1 aliphatic carbocycles. The number of halogens is 2. The summed E-state index contributed by atoms with van der Waals surface area (Å²) in [6.07, 6.45) is 4.46. The lowest BCUT2D eigenvalue weighted by Crippen LogP contribution is -2.46. The number of hydrogen-bond donors (Lipinski definition) is 2. The van der Waals surface area contributed by atoms with Crippen LogP contribution in [0.2, 0.25) is 5.02 Å². The second kappa shape index (κ2) is 11.4. The number of amides is 2. The van der Waals surface area contributed by atoms with E-state index < -0.39 is 11.9 Å². The number of anilines is 1. The van der Waals surface area contributed by atoms with Gasteiger partial charge in [0.25, 0.3) is 11.8 Å². The van der Waals surface area contributed by atoms with E-state index in [1.807, 2.05) is 7.05 Å². The van der Waals surface area contributed by atoms with Crippen LogP contribution in [0.1, 0.15) is 45.5 Å². The molecular formula is C31H30ClFN4O5. The molecule has 218 valence electrons. The molecule has 11 heteroatoms. The van der Waals surface area contributed by atoms with Gasteiger partial charge in [-0.05, 0) is 68.9 Å². The summed E-state index contributed by atoms with van der Waals surface area (Å²) in [5.74, 6) is -1.45. The second-order valence-corrected chi connectivity index (χ2v) is 11.4. The second-order valence-electron chi connectivity index (χ2n) is 11.0. The molecule has 2 N–H and O–H groups in total. The summed E-state index contributed by atoms with van der Waals surface area (Å²) >= 11 is 5.78. The van der Waals surface area contributed by atoms with Gasteiger partial charge < -0.3 is 20.1 Å². The third-order valence-electron chi connectivity index (χ3n) is 8.08. The monoisotopic (exact) mass is 592 g/mol. The summed E-state index contributed by atoms with van der Waals surface area (Å²) in [4.78, 5) is 47.7. The molecule has 0 unspecified atom stereocenters. The van der Waals surface area contributed by atoms with Crippen LogP contribution in [0, 0.1) is 5.82 Å². The van der Waals surface area contributed by atoms with Gasteiger partial charge in [-0.15, -0.1) is 0 Å². The number of aliphatic hydroxyl groups excluding tert-OH is 1. The molecule has 0 radical (unpaired) electrons. The molecule has 0 bridgehead atoms. The number of carbonyl (C=O) groups excluding carboxylic acids is 3. The molecule has 0 aromatic heterocycles. The average molecular weight is 593 g/mol. The minimum absolute atomic E-state index is 0.0732. The fraction of sp³-hybridized carbons (Fsp3) is 0.355. The molecule has 9 nitrogen and oxygen atoms in total. The van der Waals surface area contributed by atoms with Crippen LogP contribution < -0.4 is 10.1 Å². The van der Waals surface area contributed by atoms with Crippen molar-refractivity contribution < 1.29 is 28.6 Å². The maximum absolute atomic E-state index is 14.1. The Kier molecular flexibility index (Phi) is 7.69. The molecule has 2 aromatic carbocycles. The molecule has 2 amide bonds. The van der Waals surface area contributed by atoms with Crippen molar-refractivity contribution in [1.82, 2.24) is 9.80 Å². The molecule has 4 aliphatic rings. The number of imide groups is 1. The third kappa shape index (κ3) is 5.26. The molecule has 42 heavy (non-hydrogen) atoms. The van der Waals surface area contributed by atoms with E-state index in [4.69, 9.17) is 16.3 Å². The normalized spacial score (nSPS) is 22.5. The van der Waals surface area contributed by atoms with Crippen LogP contribution in [0.3, 0.4) is 0 Å². The van der Waals surface area contributed by atoms with E-state index in [2.05, 4.69) is 15.2 Å². The maximum Gasteiger partial charge on any atom is 0.261 e. The Morgan fingerprint density at radius 2 is 1.90 bits per heavy atom. The Hall–Kier alpha value is -3.86. The first-order valence-electron chi connectivity index (χ1n) is 13.9. The van der Waals surface area contributed by atoms with Gasteiger partial charge in [-0.3, -0.25) is 24.3 Å². The number of ketones is 1. The van der Waals surface area contributed by atoms with Crippen molar-refractivity contribution >= 4 is 40.6 Å². The van der Waals surface area contributed by atoms with Crippen LogP contribution in [0.5, 0.6) is 5.75 Å². The fourth-order valence-corrected chi connectivity index (χ4v) is 6.01. The standard InChI is InChI=1S/C31H30ClFN4O5/c1-36-10-8-18(9-11-36)37-30(40)20-12-17-13-25(35-24(17)14-21(20)31(37)41)28-23(5-3-6-26(28)39)34-15-19(38)16-42-27-7-2-4-22(32)29(27)33/h2-5,7,12,14,18-19,35,38H,6,8-11,13,15-16H2,1H3/t19-/m1/s1. The maximum atomic E-state index is 14.1. The van der Waals surface area contributed by atoms with Gasteiger partial charge in [0.15, 0.2) is 17.3 Å². The van der Waals surface area contributed by atoms with E-state index >= 15 is 0 Å². The molecular weight excluding hydrogens is 563 g/mol. The highest BCUT2D eigenvalue weighted by Crippen LogP contribution is 2.38. The van der Waals surface area contributed by atoms with E-state index in [1.54, 1.807) is 30.4 Å². The van der Waals surface area contributed by atoms with Crippen LogP contribution in [0.4, 0.5) is 10.1 Å². The highest BCUT2D eigenvalue weighted by molar-refractivity contribution is 6.31. The van der Waals surface area contributed by atoms with Gasteiger partial charge in [0.1, 0.15) is 12.7 Å². The molecule has 0 saturated carbocycles. The predicted molar refractivity (Wildman–Crippen MR) is 156 cm³/mol. The molecule has 3 heterocycles. The number of hydrogen-bond acceptors (Lipinski definition) is 8. The number of nitrogens with zero attached hydrogens (tertiary/aromatic N) is 3. The Morgan fingerprint density at radius 3 is 2.67 bits per heavy atom. The van der Waals surface area contributed by atoms with Gasteiger partial charge in [0.05, 0.1) is 34.0 Å². The summed E-state index contributed by atoms with van der Waals surface area (Å²) in [7, 11) is 2.03. The fourth-order valence-electron chi connectivity index (χ4n) is 5.84. The topological polar surface area (TPSA) is 112 Å². The summed E-state index contributed by atoms with van der Waals surface area (Å²) in [5.41, 5.74) is 3.70. The molecule has 1 fully saturated rings. The number of piperidine rings is 1. The number of rotatable bonds is 6. The lowest BCUT2D eigenvalue weighted by atomic mass is 9.94. The summed E-state index contributed by atoms with van der Waals surface area (Å²) < 4.78 is 19.4. The smallest absolute Gasteiger partial charge is 0.261 e. The zero-order chi connectivity index (χ0) is 29.5. The first-order chi connectivity index (χ1) is 20.2. The number of aliphatic imine (C=N–C) groups is 1. The first kappa shape index (κ1) is 28.3. The van der Waals surface area contributed by atoms with Crippen molar-refractivity contribution in [2.45, 2.75) is 37.8 Å². The van der Waals surface area contributed by atoms with Crippen molar-refractivity contribution in [3.63, 3.8) is 0 Å². The number of benzene rings is 2. The Bertz CT molecular complexity index is 1530. The van der Waals surface area contributed by atoms with E-state index in [0.29, 0.717) is 40.2 Å². The number of fused-ring (bicyclic) bond motifs is 2. The zero-order valence-corrected chi connectivity index (χ0v) is 23.8. The minimum Gasteiger partial charge on any atom is -0.488 e. The van der Waals surface area contributed by atoms with E-state index in [9.17, 15) is 23.9 Å². The minimum atomic E-state index is -1.06. The lowest BCUT2D eigenvalue weighted by Gasteiger charge is -2.33. The number of aliphatic hydroxyl groups is 1. The van der Waals surface area contributed by atoms with Gasteiger partial charge in [0, 0.05) is 30.3 Å².